The quantitative estimate of drug-likeness (QED) is 0.192. The number of thiophene rings is 1. The lowest BCUT2D eigenvalue weighted by molar-refractivity contribution is 0.673. The van der Waals surface area contributed by atoms with Gasteiger partial charge in [0.15, 0.2) is 17.2 Å². The molecular weight excluding hydrogens is 621 g/mol. The smallest absolute Gasteiger partial charge is 0.238 e. The van der Waals surface area contributed by atoms with Gasteiger partial charge in [-0.15, -0.1) is 11.3 Å². The Kier molecular flexibility index (Phi) is 5.48. The number of rotatable bonds is 3. The van der Waals surface area contributed by atoms with Crippen molar-refractivity contribution in [1.29, 1.82) is 0 Å². The van der Waals surface area contributed by atoms with Crippen LogP contribution in [0.5, 0.6) is 0 Å². The van der Waals surface area contributed by atoms with Gasteiger partial charge < -0.3 is 4.42 Å². The highest BCUT2D eigenvalue weighted by molar-refractivity contribution is 7.26. The minimum Gasteiger partial charge on any atom is -0.455 e. The van der Waals surface area contributed by atoms with E-state index in [0.29, 0.717) is 17.6 Å². The Morgan fingerprint density at radius 2 is 1.20 bits per heavy atom. The molecule has 0 saturated heterocycles. The van der Waals surface area contributed by atoms with Crippen molar-refractivity contribution in [1.82, 2.24) is 19.5 Å². The Balaban J connectivity index is 1.34. The van der Waals surface area contributed by atoms with Gasteiger partial charge in [0.25, 0.3) is 0 Å². The molecule has 7 aromatic carbocycles. The summed E-state index contributed by atoms with van der Waals surface area (Å²) in [6.07, 6.45) is 0. The van der Waals surface area contributed by atoms with Crippen LogP contribution in [-0.2, 0) is 0 Å². The highest BCUT2D eigenvalue weighted by atomic mass is 32.1. The molecule has 228 valence electrons. The molecule has 11 rings (SSSR count). The van der Waals surface area contributed by atoms with Gasteiger partial charge in [0.2, 0.25) is 5.95 Å². The molecule has 11 aromatic rings. The van der Waals surface area contributed by atoms with E-state index in [1.54, 1.807) is 11.3 Å². The minimum atomic E-state index is 0.576. The third-order valence-corrected chi connectivity index (χ3v) is 10.8. The maximum Gasteiger partial charge on any atom is 0.238 e. The lowest BCUT2D eigenvalue weighted by Gasteiger charge is -2.12. The van der Waals surface area contributed by atoms with Crippen LogP contribution < -0.4 is 0 Å². The van der Waals surface area contributed by atoms with Crippen LogP contribution in [0, 0.1) is 0 Å². The third-order valence-electron chi connectivity index (χ3n) is 9.62. The van der Waals surface area contributed by atoms with Crippen LogP contribution in [-0.4, -0.2) is 19.5 Å². The molecule has 49 heavy (non-hydrogen) atoms. The van der Waals surface area contributed by atoms with Crippen molar-refractivity contribution >= 4 is 86.0 Å². The molecule has 4 heterocycles. The fourth-order valence-electron chi connectivity index (χ4n) is 7.47. The summed E-state index contributed by atoms with van der Waals surface area (Å²) in [7, 11) is 0. The summed E-state index contributed by atoms with van der Waals surface area (Å²) in [5.41, 5.74) is 5.78. The van der Waals surface area contributed by atoms with Crippen LogP contribution in [0.2, 0.25) is 0 Å². The van der Waals surface area contributed by atoms with Gasteiger partial charge in [-0.3, -0.25) is 4.57 Å². The van der Waals surface area contributed by atoms with E-state index in [9.17, 15) is 0 Å². The second-order valence-electron chi connectivity index (χ2n) is 12.4. The maximum absolute atomic E-state index is 6.72. The van der Waals surface area contributed by atoms with Crippen LogP contribution in [0.3, 0.4) is 0 Å². The summed E-state index contributed by atoms with van der Waals surface area (Å²) in [6, 6.07) is 50.5. The third kappa shape index (κ3) is 3.83. The maximum atomic E-state index is 6.72. The molecular formula is C43H24N4OS. The van der Waals surface area contributed by atoms with E-state index in [0.717, 1.165) is 70.3 Å². The highest BCUT2D eigenvalue weighted by Crippen LogP contribution is 2.50. The van der Waals surface area contributed by atoms with Crippen LogP contribution in [0.1, 0.15) is 0 Å². The Morgan fingerprint density at radius 1 is 0.510 bits per heavy atom. The van der Waals surface area contributed by atoms with E-state index in [2.05, 4.69) is 126 Å². The van der Waals surface area contributed by atoms with Crippen LogP contribution in [0.4, 0.5) is 0 Å². The second-order valence-corrected chi connectivity index (χ2v) is 13.4. The number of hydrogen-bond donors (Lipinski definition) is 0. The van der Waals surface area contributed by atoms with Gasteiger partial charge in [0, 0.05) is 48.1 Å². The SMILES string of the molecule is c1ccc(-c2nc(-c3ccc4ccccc4c3)nc(-n3c4ccccc4c4c5c6ccccc6oc5c5sc6ccccc6c5c43)n2)cc1. The number of fused-ring (bicyclic) bond motifs is 13. The summed E-state index contributed by atoms with van der Waals surface area (Å²) in [6.45, 7) is 0. The molecule has 0 atom stereocenters. The first-order valence-corrected chi connectivity index (χ1v) is 17.1. The normalized spacial score (nSPS) is 12.1. The number of aromatic nitrogens is 4. The molecule has 0 amide bonds. The first kappa shape index (κ1) is 26.7. The Hall–Kier alpha value is -6.37. The Morgan fingerprint density at radius 3 is 2.08 bits per heavy atom. The Labute approximate surface area is 283 Å². The average Bonchev–Trinajstić information content (AvgIpc) is 3.85. The van der Waals surface area contributed by atoms with E-state index in [1.165, 1.54) is 15.5 Å². The van der Waals surface area contributed by atoms with E-state index in [1.807, 2.05) is 24.3 Å². The summed E-state index contributed by atoms with van der Waals surface area (Å²) in [5.74, 6) is 1.83. The van der Waals surface area contributed by atoms with Gasteiger partial charge in [-0.2, -0.15) is 9.97 Å². The molecule has 4 aromatic heterocycles. The van der Waals surface area contributed by atoms with Crippen molar-refractivity contribution in [3.8, 4) is 28.7 Å². The topological polar surface area (TPSA) is 56.7 Å². The van der Waals surface area contributed by atoms with Gasteiger partial charge in [-0.25, -0.2) is 4.98 Å². The number of hydrogen-bond acceptors (Lipinski definition) is 5. The van der Waals surface area contributed by atoms with E-state index in [4.69, 9.17) is 19.4 Å². The molecule has 0 fully saturated rings. The molecule has 0 unspecified atom stereocenters. The fraction of sp³-hybridized carbons (Fsp3) is 0. The van der Waals surface area contributed by atoms with E-state index >= 15 is 0 Å². The molecule has 6 heteroatoms. The average molecular weight is 645 g/mol. The molecule has 5 nitrogen and oxygen atoms in total. The lowest BCUT2D eigenvalue weighted by atomic mass is 10.0. The van der Waals surface area contributed by atoms with Gasteiger partial charge >= 0.3 is 0 Å². The molecule has 0 aliphatic rings. The number of para-hydroxylation sites is 2. The lowest BCUT2D eigenvalue weighted by Crippen LogP contribution is -2.06. The second kappa shape index (κ2) is 10.1. The number of benzene rings is 7. The number of furan rings is 1. The van der Waals surface area contributed by atoms with E-state index in [-0.39, 0.29) is 0 Å². The van der Waals surface area contributed by atoms with Crippen LogP contribution in [0.15, 0.2) is 150 Å². The first-order valence-electron chi connectivity index (χ1n) is 16.3. The summed E-state index contributed by atoms with van der Waals surface area (Å²) in [4.78, 5) is 15.6. The zero-order chi connectivity index (χ0) is 32.1. The number of nitrogens with zero attached hydrogens (tertiary/aromatic N) is 4. The molecule has 0 N–H and O–H groups in total. The van der Waals surface area contributed by atoms with Crippen LogP contribution >= 0.6 is 11.3 Å². The zero-order valence-electron chi connectivity index (χ0n) is 26.0. The monoisotopic (exact) mass is 644 g/mol. The first-order chi connectivity index (χ1) is 24.3. The van der Waals surface area contributed by atoms with Crippen molar-refractivity contribution in [3.63, 3.8) is 0 Å². The molecule has 0 radical (unpaired) electrons. The summed E-state index contributed by atoms with van der Waals surface area (Å²) >= 11 is 1.78. The van der Waals surface area contributed by atoms with Crippen molar-refractivity contribution in [2.45, 2.75) is 0 Å². The fourth-order valence-corrected chi connectivity index (χ4v) is 8.66. The largest absolute Gasteiger partial charge is 0.455 e. The molecule has 0 bridgehead atoms. The van der Waals surface area contributed by atoms with E-state index < -0.39 is 0 Å². The molecule has 0 aliphatic heterocycles. The van der Waals surface area contributed by atoms with Gasteiger partial charge in [-0.05, 0) is 35.0 Å². The molecule has 0 aliphatic carbocycles. The van der Waals surface area contributed by atoms with Crippen molar-refractivity contribution < 1.29 is 4.42 Å². The zero-order valence-corrected chi connectivity index (χ0v) is 26.8. The predicted molar refractivity (Wildman–Crippen MR) is 203 cm³/mol. The summed E-state index contributed by atoms with van der Waals surface area (Å²) < 4.78 is 11.3. The van der Waals surface area contributed by atoms with Crippen molar-refractivity contribution in [2.24, 2.45) is 0 Å². The Bertz CT molecular complexity index is 3120. The highest BCUT2D eigenvalue weighted by Gasteiger charge is 2.26. The van der Waals surface area contributed by atoms with Gasteiger partial charge in [0.05, 0.1) is 15.7 Å². The van der Waals surface area contributed by atoms with Gasteiger partial charge in [0.1, 0.15) is 5.58 Å². The predicted octanol–water partition coefficient (Wildman–Crippen LogP) is 11.7. The molecule has 0 spiro atoms. The minimum absolute atomic E-state index is 0.576. The molecule has 0 saturated carbocycles. The summed E-state index contributed by atoms with van der Waals surface area (Å²) in [5, 5.41) is 9.13. The van der Waals surface area contributed by atoms with Crippen LogP contribution in [0.25, 0.3) is 103 Å². The van der Waals surface area contributed by atoms with Crippen molar-refractivity contribution in [3.05, 3.63) is 146 Å². The standard InChI is InChI=1S/C43H24N4OS/c1-2-13-26(14-3-1)41-44-42(28-23-22-25-12-4-5-15-27(25)24-28)46-43(45-41)47-32-19-9-6-16-29(32)35-36-30-17-7-10-20-33(30)48-39(36)40-37(38(35)47)31-18-8-11-21-34(31)49-40/h1-24H. The van der Waals surface area contributed by atoms with Gasteiger partial charge in [-0.1, -0.05) is 121 Å². The van der Waals surface area contributed by atoms with Crippen molar-refractivity contribution in [2.75, 3.05) is 0 Å².